The van der Waals surface area contributed by atoms with Gasteiger partial charge < -0.3 is 5.11 Å². The molecule has 0 aliphatic heterocycles. The molecule has 1 fully saturated rings. The fourth-order valence-corrected chi connectivity index (χ4v) is 3.36. The molecule has 2 aromatic rings. The van der Waals surface area contributed by atoms with E-state index < -0.39 is 16.0 Å². The summed E-state index contributed by atoms with van der Waals surface area (Å²) in [6.45, 7) is 0. The van der Waals surface area contributed by atoms with Crippen LogP contribution in [0.15, 0.2) is 53.6 Å². The van der Waals surface area contributed by atoms with Crippen LogP contribution in [0.2, 0.25) is 0 Å². The molecule has 1 saturated carbocycles. The minimum absolute atomic E-state index is 0.0157. The van der Waals surface area contributed by atoms with Crippen LogP contribution in [0.25, 0.3) is 0 Å². The summed E-state index contributed by atoms with van der Waals surface area (Å²) in [6.07, 6.45) is 2.10. The number of anilines is 1. The van der Waals surface area contributed by atoms with Crippen molar-refractivity contribution < 1.29 is 18.3 Å². The van der Waals surface area contributed by atoms with Crippen LogP contribution in [0.5, 0.6) is 0 Å². The zero-order valence-corrected chi connectivity index (χ0v) is 12.3. The molecule has 0 saturated heterocycles. The van der Waals surface area contributed by atoms with Gasteiger partial charge in [-0.05, 0) is 42.2 Å². The molecule has 2 N–H and O–H groups in total. The van der Waals surface area contributed by atoms with Gasteiger partial charge in [-0.2, -0.15) is 0 Å². The van der Waals surface area contributed by atoms with Crippen molar-refractivity contribution in [3.05, 3.63) is 54.2 Å². The number of hydrogen-bond acceptors (Lipinski definition) is 4. The maximum absolute atomic E-state index is 12.2. The lowest BCUT2D eigenvalue weighted by Gasteiger charge is -2.07. The monoisotopic (exact) mass is 318 g/mol. The first-order chi connectivity index (χ1) is 10.5. The van der Waals surface area contributed by atoms with Crippen LogP contribution >= 0.6 is 0 Å². The number of nitrogens with one attached hydrogen (secondary N) is 1. The zero-order valence-electron chi connectivity index (χ0n) is 11.5. The van der Waals surface area contributed by atoms with Gasteiger partial charge in [0.05, 0.1) is 10.8 Å². The van der Waals surface area contributed by atoms with E-state index in [4.69, 9.17) is 5.11 Å². The van der Waals surface area contributed by atoms with Crippen molar-refractivity contribution in [1.29, 1.82) is 0 Å². The van der Waals surface area contributed by atoms with Crippen molar-refractivity contribution >= 4 is 21.8 Å². The van der Waals surface area contributed by atoms with Crippen LogP contribution < -0.4 is 4.72 Å². The molecule has 22 heavy (non-hydrogen) atoms. The van der Waals surface area contributed by atoms with E-state index in [-0.39, 0.29) is 22.5 Å². The largest absolute Gasteiger partial charge is 0.481 e. The van der Waals surface area contributed by atoms with Crippen LogP contribution in [0.4, 0.5) is 5.82 Å². The summed E-state index contributed by atoms with van der Waals surface area (Å²) in [7, 11) is -3.69. The Kier molecular flexibility index (Phi) is 3.58. The van der Waals surface area contributed by atoms with E-state index in [1.54, 1.807) is 30.3 Å². The molecule has 114 valence electrons. The molecule has 0 amide bonds. The Bertz CT molecular complexity index is 788. The fraction of sp³-hybridized carbons (Fsp3) is 0.200. The normalized spacial score (nSPS) is 20.4. The third-order valence-electron chi connectivity index (χ3n) is 3.63. The van der Waals surface area contributed by atoms with Crippen molar-refractivity contribution in [1.82, 2.24) is 4.98 Å². The average Bonchev–Trinajstić information content (AvgIpc) is 3.29. The average molecular weight is 318 g/mol. The lowest BCUT2D eigenvalue weighted by Crippen LogP contribution is -2.13. The van der Waals surface area contributed by atoms with Crippen molar-refractivity contribution in [2.24, 2.45) is 5.92 Å². The lowest BCUT2D eigenvalue weighted by molar-refractivity contribution is -0.138. The maximum Gasteiger partial charge on any atom is 0.307 e. The maximum atomic E-state index is 12.2. The van der Waals surface area contributed by atoms with Crippen molar-refractivity contribution in [2.45, 2.75) is 17.2 Å². The molecule has 3 rings (SSSR count). The second kappa shape index (κ2) is 5.42. The molecule has 1 heterocycles. The van der Waals surface area contributed by atoms with Gasteiger partial charge in [-0.3, -0.25) is 9.52 Å². The second-order valence-corrected chi connectivity index (χ2v) is 6.86. The van der Waals surface area contributed by atoms with E-state index in [1.165, 1.54) is 18.3 Å². The lowest BCUT2D eigenvalue weighted by atomic mass is 10.1. The fourth-order valence-electron chi connectivity index (χ4n) is 2.35. The summed E-state index contributed by atoms with van der Waals surface area (Å²) < 4.78 is 26.8. The number of hydrogen-bond donors (Lipinski definition) is 2. The van der Waals surface area contributed by atoms with Gasteiger partial charge in [0.1, 0.15) is 5.82 Å². The number of aliphatic carboxylic acids is 1. The van der Waals surface area contributed by atoms with Gasteiger partial charge in [-0.1, -0.05) is 18.2 Å². The topological polar surface area (TPSA) is 96.4 Å². The summed E-state index contributed by atoms with van der Waals surface area (Å²) in [5.74, 6) is -0.926. The highest BCUT2D eigenvalue weighted by Gasteiger charge is 2.44. The number of rotatable bonds is 5. The highest BCUT2D eigenvalue weighted by molar-refractivity contribution is 7.92. The van der Waals surface area contributed by atoms with E-state index in [9.17, 15) is 13.2 Å². The zero-order chi connectivity index (χ0) is 15.7. The Balaban J connectivity index is 1.76. The predicted molar refractivity (Wildman–Crippen MR) is 80.0 cm³/mol. The molecule has 1 aliphatic carbocycles. The molecule has 2 atom stereocenters. The number of aromatic nitrogens is 1. The van der Waals surface area contributed by atoms with Crippen LogP contribution in [-0.2, 0) is 14.8 Å². The summed E-state index contributed by atoms with van der Waals surface area (Å²) in [5.41, 5.74) is 0.851. The first-order valence-corrected chi connectivity index (χ1v) is 8.22. The van der Waals surface area contributed by atoms with Gasteiger partial charge in [-0.25, -0.2) is 13.4 Å². The molecule has 0 spiro atoms. The molecule has 1 aromatic heterocycles. The van der Waals surface area contributed by atoms with E-state index in [0.717, 1.165) is 5.56 Å². The van der Waals surface area contributed by atoms with Crippen LogP contribution in [-0.4, -0.2) is 24.5 Å². The third-order valence-corrected chi connectivity index (χ3v) is 5.00. The molecular formula is C15H14N2O4S. The number of nitrogens with zero attached hydrogens (tertiary/aromatic N) is 1. The van der Waals surface area contributed by atoms with Crippen LogP contribution in [0, 0.1) is 5.92 Å². The van der Waals surface area contributed by atoms with Crippen LogP contribution in [0.1, 0.15) is 17.9 Å². The molecule has 7 heteroatoms. The Morgan fingerprint density at radius 1 is 1.18 bits per heavy atom. The number of carbonyl (C=O) groups is 1. The predicted octanol–water partition coefficient (Wildman–Crippen LogP) is 2.07. The third kappa shape index (κ3) is 2.94. The summed E-state index contributed by atoms with van der Waals surface area (Å²) in [5, 5.41) is 8.92. The Morgan fingerprint density at radius 2 is 1.91 bits per heavy atom. The van der Waals surface area contributed by atoms with Gasteiger partial charge in [0.2, 0.25) is 0 Å². The number of benzene rings is 1. The molecular weight excluding hydrogens is 304 g/mol. The van der Waals surface area contributed by atoms with Crippen molar-refractivity contribution in [3.63, 3.8) is 0 Å². The van der Waals surface area contributed by atoms with Crippen molar-refractivity contribution in [3.8, 4) is 0 Å². The quantitative estimate of drug-likeness (QED) is 0.879. The molecule has 0 bridgehead atoms. The van der Waals surface area contributed by atoms with Gasteiger partial charge in [0.15, 0.2) is 0 Å². The Morgan fingerprint density at radius 3 is 2.45 bits per heavy atom. The second-order valence-electron chi connectivity index (χ2n) is 5.18. The highest BCUT2D eigenvalue weighted by atomic mass is 32.2. The van der Waals surface area contributed by atoms with E-state index in [2.05, 4.69) is 9.71 Å². The molecule has 1 aliphatic rings. The summed E-state index contributed by atoms with van der Waals surface area (Å²) in [6, 6.07) is 11.2. The van der Waals surface area contributed by atoms with Gasteiger partial charge in [-0.15, -0.1) is 0 Å². The molecule has 0 radical (unpaired) electrons. The van der Waals surface area contributed by atoms with Gasteiger partial charge in [0, 0.05) is 6.20 Å². The first kappa shape index (κ1) is 14.5. The SMILES string of the molecule is O=C(O)C1CC1c1ccc(S(=O)(=O)Nc2ccccn2)cc1. The highest BCUT2D eigenvalue weighted by Crippen LogP contribution is 2.47. The van der Waals surface area contributed by atoms with Gasteiger partial charge in [0.25, 0.3) is 10.0 Å². The van der Waals surface area contributed by atoms with Crippen molar-refractivity contribution in [2.75, 3.05) is 4.72 Å². The molecule has 1 aromatic carbocycles. The number of carboxylic acid groups (broad SMARTS) is 1. The minimum Gasteiger partial charge on any atom is -0.481 e. The Labute approximate surface area is 127 Å². The molecule has 2 unspecified atom stereocenters. The molecule has 6 nitrogen and oxygen atoms in total. The smallest absolute Gasteiger partial charge is 0.307 e. The van der Waals surface area contributed by atoms with Crippen LogP contribution in [0.3, 0.4) is 0 Å². The van der Waals surface area contributed by atoms with Gasteiger partial charge >= 0.3 is 5.97 Å². The number of carboxylic acids is 1. The number of sulfonamides is 1. The summed E-state index contributed by atoms with van der Waals surface area (Å²) >= 11 is 0. The first-order valence-electron chi connectivity index (χ1n) is 6.74. The van der Waals surface area contributed by atoms with E-state index in [1.807, 2.05) is 0 Å². The minimum atomic E-state index is -3.69. The number of pyridine rings is 1. The van der Waals surface area contributed by atoms with E-state index >= 15 is 0 Å². The van der Waals surface area contributed by atoms with E-state index in [0.29, 0.717) is 6.42 Å². The summed E-state index contributed by atoms with van der Waals surface area (Å²) in [4.78, 5) is 14.9. The standard InChI is InChI=1S/C15H14N2O4S/c18-15(19)13-9-12(13)10-4-6-11(7-5-10)22(20,21)17-14-3-1-2-8-16-14/h1-8,12-13H,9H2,(H,16,17)(H,18,19). The Hall–Kier alpha value is -2.41.